The van der Waals surface area contributed by atoms with E-state index in [1.807, 2.05) is 0 Å². The summed E-state index contributed by atoms with van der Waals surface area (Å²) in [6.07, 6.45) is 13.1. The summed E-state index contributed by atoms with van der Waals surface area (Å²) in [4.78, 5) is 17.1. The van der Waals surface area contributed by atoms with E-state index in [2.05, 4.69) is 11.1 Å². The summed E-state index contributed by atoms with van der Waals surface area (Å²) in [5.41, 5.74) is 1.07. The molecule has 120 valence electrons. The molecule has 23 heavy (non-hydrogen) atoms. The maximum Gasteiger partial charge on any atom is 0.210 e. The Balaban J connectivity index is 1.97. The number of aromatic nitrogens is 2. The van der Waals surface area contributed by atoms with E-state index in [1.165, 1.54) is 19.3 Å². The molecular weight excluding hydrogens is 331 g/mol. The quantitative estimate of drug-likeness (QED) is 0.540. The van der Waals surface area contributed by atoms with Gasteiger partial charge in [-0.2, -0.15) is 0 Å². The van der Waals surface area contributed by atoms with Crippen LogP contribution in [0.25, 0.3) is 5.70 Å². The Morgan fingerprint density at radius 1 is 1.22 bits per heavy atom. The largest absolute Gasteiger partial charge is 0.303 e. The number of ketones is 1. The van der Waals surface area contributed by atoms with Crippen molar-refractivity contribution in [1.29, 1.82) is 0 Å². The lowest BCUT2D eigenvalue weighted by Gasteiger charge is -2.20. The number of carbonyl (C=O) groups is 1. The fraction of sp³-hybridized carbons (Fsp3) is 0.333. The van der Waals surface area contributed by atoms with Crippen LogP contribution in [-0.4, -0.2) is 15.3 Å². The molecule has 0 radical (unpaired) electrons. The molecule has 0 spiro atoms. The Bertz CT molecular complexity index is 717. The van der Waals surface area contributed by atoms with Crippen molar-refractivity contribution in [3.63, 3.8) is 0 Å². The Morgan fingerprint density at radius 2 is 2.00 bits per heavy atom. The fourth-order valence-corrected chi connectivity index (χ4v) is 3.51. The zero-order valence-corrected chi connectivity index (χ0v) is 14.2. The number of benzene rings is 1. The third kappa shape index (κ3) is 3.85. The maximum absolute atomic E-state index is 13.0. The average molecular weight is 349 g/mol. The molecule has 3 nitrogen and oxygen atoms in total. The summed E-state index contributed by atoms with van der Waals surface area (Å²) in [6.45, 7) is 0. The van der Waals surface area contributed by atoms with E-state index in [0.717, 1.165) is 12.8 Å². The molecule has 1 aliphatic rings. The molecule has 1 saturated carbocycles. The summed E-state index contributed by atoms with van der Waals surface area (Å²) < 4.78 is 1.77. The van der Waals surface area contributed by atoms with E-state index < -0.39 is 0 Å². The van der Waals surface area contributed by atoms with Gasteiger partial charge in [-0.05, 0) is 37.0 Å². The molecule has 0 bridgehead atoms. The van der Waals surface area contributed by atoms with Crippen molar-refractivity contribution >= 4 is 34.7 Å². The van der Waals surface area contributed by atoms with E-state index in [4.69, 9.17) is 23.2 Å². The Hall–Kier alpha value is -1.58. The number of carbonyl (C=O) groups excluding carboxylic acids is 1. The smallest absolute Gasteiger partial charge is 0.210 e. The van der Waals surface area contributed by atoms with Gasteiger partial charge in [-0.25, -0.2) is 4.98 Å². The molecule has 1 heterocycles. The van der Waals surface area contributed by atoms with Crippen LogP contribution in [0.5, 0.6) is 0 Å². The van der Waals surface area contributed by atoms with Crippen LogP contribution in [0.2, 0.25) is 10.0 Å². The van der Waals surface area contributed by atoms with Crippen LogP contribution < -0.4 is 0 Å². The van der Waals surface area contributed by atoms with E-state index in [1.54, 1.807) is 41.5 Å². The number of allylic oxidation sites excluding steroid dienone is 2. The standard InChI is InChI=1S/C18H18Cl2N2O/c19-14-6-7-15(16(20)11-14)18(23)17(22-9-8-21-12-22)10-13-4-2-1-3-5-13/h6-13H,1-5H2. The van der Waals surface area contributed by atoms with Gasteiger partial charge >= 0.3 is 0 Å². The highest BCUT2D eigenvalue weighted by Gasteiger charge is 2.20. The lowest BCUT2D eigenvalue weighted by Crippen LogP contribution is -2.12. The minimum Gasteiger partial charge on any atom is -0.303 e. The number of hydrogen-bond acceptors (Lipinski definition) is 2. The van der Waals surface area contributed by atoms with Crippen LogP contribution in [0.3, 0.4) is 0 Å². The molecule has 1 aromatic heterocycles. The second-order valence-corrected chi connectivity index (χ2v) is 6.72. The van der Waals surface area contributed by atoms with Crippen molar-refractivity contribution < 1.29 is 4.79 Å². The van der Waals surface area contributed by atoms with Crippen molar-refractivity contribution in [2.45, 2.75) is 32.1 Å². The molecule has 1 aliphatic carbocycles. The van der Waals surface area contributed by atoms with Crippen LogP contribution in [0.15, 0.2) is 43.0 Å². The zero-order chi connectivity index (χ0) is 16.2. The van der Waals surface area contributed by atoms with Crippen LogP contribution >= 0.6 is 23.2 Å². The number of hydrogen-bond donors (Lipinski definition) is 0. The molecule has 0 atom stereocenters. The first-order chi connectivity index (χ1) is 11.1. The monoisotopic (exact) mass is 348 g/mol. The van der Waals surface area contributed by atoms with Gasteiger partial charge in [0, 0.05) is 23.0 Å². The Kier molecular flexibility index (Phi) is 5.19. The fourth-order valence-electron chi connectivity index (χ4n) is 3.02. The van der Waals surface area contributed by atoms with E-state index >= 15 is 0 Å². The predicted octanol–water partition coefficient (Wildman–Crippen LogP) is 5.49. The van der Waals surface area contributed by atoms with Crippen LogP contribution in [0.4, 0.5) is 0 Å². The summed E-state index contributed by atoms with van der Waals surface area (Å²) in [6, 6.07) is 4.97. The van der Waals surface area contributed by atoms with Crippen LogP contribution in [0.1, 0.15) is 42.5 Å². The first-order valence-corrected chi connectivity index (χ1v) is 8.60. The first-order valence-electron chi connectivity index (χ1n) is 7.85. The number of nitrogens with zero attached hydrogens (tertiary/aromatic N) is 2. The third-order valence-electron chi connectivity index (χ3n) is 4.23. The number of rotatable bonds is 4. The van der Waals surface area contributed by atoms with Gasteiger partial charge in [0.2, 0.25) is 5.78 Å². The molecule has 0 saturated heterocycles. The molecule has 3 rings (SSSR count). The molecule has 1 fully saturated rings. The van der Waals surface area contributed by atoms with Crippen LogP contribution in [0, 0.1) is 5.92 Å². The molecule has 0 aliphatic heterocycles. The molecule has 0 amide bonds. The first kappa shape index (κ1) is 16.3. The second kappa shape index (κ2) is 7.33. The highest BCUT2D eigenvalue weighted by molar-refractivity contribution is 6.39. The summed E-state index contributed by atoms with van der Waals surface area (Å²) >= 11 is 12.1. The Morgan fingerprint density at radius 3 is 2.65 bits per heavy atom. The minimum atomic E-state index is -0.102. The molecule has 2 aromatic rings. The SMILES string of the molecule is O=C(C(=CC1CCCCC1)n1ccnc1)c1ccc(Cl)cc1Cl. The topological polar surface area (TPSA) is 34.9 Å². The van der Waals surface area contributed by atoms with Gasteiger partial charge < -0.3 is 4.57 Å². The molecule has 5 heteroatoms. The van der Waals surface area contributed by atoms with Gasteiger partial charge in [-0.1, -0.05) is 48.5 Å². The lowest BCUT2D eigenvalue weighted by atomic mass is 9.88. The molecular formula is C18H18Cl2N2O. The normalized spacial score (nSPS) is 16.5. The Labute approximate surface area is 145 Å². The van der Waals surface area contributed by atoms with Crippen molar-refractivity contribution in [2.24, 2.45) is 5.92 Å². The average Bonchev–Trinajstić information content (AvgIpc) is 3.07. The van der Waals surface area contributed by atoms with Gasteiger partial charge in [0.1, 0.15) is 0 Å². The number of Topliss-reactive ketones (excluding diaryl/α,β-unsaturated/α-hetero) is 1. The second-order valence-electron chi connectivity index (χ2n) is 5.87. The van der Waals surface area contributed by atoms with E-state index in [9.17, 15) is 4.79 Å². The van der Waals surface area contributed by atoms with E-state index in [0.29, 0.717) is 27.2 Å². The molecule has 0 N–H and O–H groups in total. The van der Waals surface area contributed by atoms with Gasteiger partial charge in [-0.15, -0.1) is 0 Å². The highest BCUT2D eigenvalue weighted by atomic mass is 35.5. The van der Waals surface area contributed by atoms with Crippen molar-refractivity contribution in [2.75, 3.05) is 0 Å². The summed E-state index contributed by atoms with van der Waals surface area (Å²) in [7, 11) is 0. The van der Waals surface area contributed by atoms with E-state index in [-0.39, 0.29) is 5.78 Å². The van der Waals surface area contributed by atoms with Crippen molar-refractivity contribution in [1.82, 2.24) is 9.55 Å². The third-order valence-corrected chi connectivity index (χ3v) is 4.78. The molecule has 0 unspecified atom stereocenters. The summed E-state index contributed by atoms with van der Waals surface area (Å²) in [5, 5.41) is 0.893. The molecule has 1 aromatic carbocycles. The number of halogens is 2. The van der Waals surface area contributed by atoms with Crippen molar-refractivity contribution in [3.05, 3.63) is 58.6 Å². The minimum absolute atomic E-state index is 0.102. The predicted molar refractivity (Wildman–Crippen MR) is 93.9 cm³/mol. The van der Waals surface area contributed by atoms with Crippen LogP contribution in [-0.2, 0) is 0 Å². The summed E-state index contributed by atoms with van der Waals surface area (Å²) in [5.74, 6) is 0.325. The highest BCUT2D eigenvalue weighted by Crippen LogP contribution is 2.29. The van der Waals surface area contributed by atoms with Gasteiger partial charge in [0.05, 0.1) is 17.0 Å². The zero-order valence-electron chi connectivity index (χ0n) is 12.7. The van der Waals surface area contributed by atoms with Crippen molar-refractivity contribution in [3.8, 4) is 0 Å². The van der Waals surface area contributed by atoms with Gasteiger partial charge in [0.15, 0.2) is 0 Å². The number of imidazole rings is 1. The lowest BCUT2D eigenvalue weighted by molar-refractivity contribution is 0.105. The van der Waals surface area contributed by atoms with Gasteiger partial charge in [0.25, 0.3) is 0 Å². The van der Waals surface area contributed by atoms with Gasteiger partial charge in [-0.3, -0.25) is 4.79 Å². The maximum atomic E-state index is 13.0.